The van der Waals surface area contributed by atoms with Crippen molar-refractivity contribution in [2.75, 3.05) is 37.1 Å². The van der Waals surface area contributed by atoms with Gasteiger partial charge in [-0.2, -0.15) is 0 Å². The summed E-state index contributed by atoms with van der Waals surface area (Å²) < 4.78 is 0. The second-order valence-electron chi connectivity index (χ2n) is 4.95. The number of anilines is 4. The molecule has 4 N–H and O–H groups in total. The van der Waals surface area contributed by atoms with Gasteiger partial charge < -0.3 is 21.3 Å². The van der Waals surface area contributed by atoms with Gasteiger partial charge >= 0.3 is 0 Å². The molecule has 0 bridgehead atoms. The molecule has 0 heterocycles. The molecule has 0 saturated carbocycles. The Kier molecular flexibility index (Phi) is 4.33. The summed E-state index contributed by atoms with van der Waals surface area (Å²) in [7, 11) is 5.59. The number of carbonyl (C=O) groups is 1. The molecule has 0 aliphatic carbocycles. The lowest BCUT2D eigenvalue weighted by molar-refractivity contribution is 0.0963. The van der Waals surface area contributed by atoms with Crippen molar-refractivity contribution < 1.29 is 4.79 Å². The van der Waals surface area contributed by atoms with Gasteiger partial charge in [-0.3, -0.25) is 4.79 Å². The van der Waals surface area contributed by atoms with Crippen molar-refractivity contribution in [1.29, 1.82) is 0 Å². The Morgan fingerprint density at radius 2 is 1.76 bits per heavy atom. The quantitative estimate of drug-likeness (QED) is 0.754. The molecule has 5 heteroatoms. The first-order valence-electron chi connectivity index (χ1n) is 6.67. The molecule has 0 spiro atoms. The molecule has 5 nitrogen and oxygen atoms in total. The Morgan fingerprint density at radius 1 is 1.10 bits per heavy atom. The van der Waals surface area contributed by atoms with Gasteiger partial charge in [0.1, 0.15) is 0 Å². The lowest BCUT2D eigenvalue weighted by Crippen LogP contribution is -2.17. The van der Waals surface area contributed by atoms with E-state index in [4.69, 9.17) is 5.73 Å². The van der Waals surface area contributed by atoms with Crippen LogP contribution in [0, 0.1) is 0 Å². The fraction of sp³-hybridized carbons (Fsp3) is 0.188. The maximum Gasteiger partial charge on any atom is 0.251 e. The minimum absolute atomic E-state index is 0.138. The molecule has 0 unspecified atom stereocenters. The van der Waals surface area contributed by atoms with Gasteiger partial charge in [-0.1, -0.05) is 0 Å². The first-order valence-corrected chi connectivity index (χ1v) is 6.67. The summed E-state index contributed by atoms with van der Waals surface area (Å²) in [6.07, 6.45) is 0. The number of nitrogens with zero attached hydrogens (tertiary/aromatic N) is 1. The van der Waals surface area contributed by atoms with Gasteiger partial charge in [0.05, 0.1) is 11.4 Å². The van der Waals surface area contributed by atoms with Crippen molar-refractivity contribution in [2.45, 2.75) is 0 Å². The highest BCUT2D eigenvalue weighted by atomic mass is 16.1. The van der Waals surface area contributed by atoms with E-state index in [1.165, 1.54) is 0 Å². The zero-order valence-corrected chi connectivity index (χ0v) is 12.5. The summed E-state index contributed by atoms with van der Waals surface area (Å²) in [5.41, 5.74) is 9.87. The molecule has 0 saturated heterocycles. The van der Waals surface area contributed by atoms with Crippen LogP contribution in [0.25, 0.3) is 0 Å². The van der Waals surface area contributed by atoms with Gasteiger partial charge in [0.25, 0.3) is 5.91 Å². The number of hydrogen-bond acceptors (Lipinski definition) is 4. The van der Waals surface area contributed by atoms with Gasteiger partial charge in [-0.05, 0) is 42.5 Å². The third kappa shape index (κ3) is 3.45. The highest BCUT2D eigenvalue weighted by Crippen LogP contribution is 2.25. The second-order valence-corrected chi connectivity index (χ2v) is 4.95. The summed E-state index contributed by atoms with van der Waals surface area (Å²) in [5.74, 6) is -0.138. The number of hydrogen-bond donors (Lipinski definition) is 3. The molecule has 2 aromatic carbocycles. The average molecular weight is 284 g/mol. The largest absolute Gasteiger partial charge is 0.397 e. The van der Waals surface area contributed by atoms with Crippen molar-refractivity contribution in [3.05, 3.63) is 48.0 Å². The lowest BCUT2D eigenvalue weighted by atomic mass is 10.1. The average Bonchev–Trinajstić information content (AvgIpc) is 2.49. The van der Waals surface area contributed by atoms with Crippen molar-refractivity contribution in [3.8, 4) is 0 Å². The minimum Gasteiger partial charge on any atom is -0.397 e. The molecule has 0 aliphatic heterocycles. The molecule has 0 aliphatic rings. The first kappa shape index (κ1) is 14.7. The first-order chi connectivity index (χ1) is 10.0. The van der Waals surface area contributed by atoms with Crippen LogP contribution in [-0.2, 0) is 0 Å². The van der Waals surface area contributed by atoms with Crippen LogP contribution in [0.3, 0.4) is 0 Å². The molecule has 1 amide bonds. The summed E-state index contributed by atoms with van der Waals surface area (Å²) in [4.78, 5) is 13.7. The Morgan fingerprint density at radius 3 is 2.33 bits per heavy atom. The predicted molar refractivity (Wildman–Crippen MR) is 88.3 cm³/mol. The number of nitrogens with one attached hydrogen (secondary N) is 2. The van der Waals surface area contributed by atoms with E-state index in [0.717, 1.165) is 11.4 Å². The van der Waals surface area contributed by atoms with Crippen LogP contribution in [0.15, 0.2) is 42.5 Å². The van der Waals surface area contributed by atoms with E-state index >= 15 is 0 Å². The zero-order valence-electron chi connectivity index (χ0n) is 12.5. The van der Waals surface area contributed by atoms with Crippen molar-refractivity contribution >= 4 is 28.7 Å². The van der Waals surface area contributed by atoms with E-state index < -0.39 is 0 Å². The molecule has 2 rings (SSSR count). The third-order valence-electron chi connectivity index (χ3n) is 3.21. The Balaban J connectivity index is 2.24. The smallest absolute Gasteiger partial charge is 0.251 e. The van der Waals surface area contributed by atoms with Crippen LogP contribution >= 0.6 is 0 Å². The van der Waals surface area contributed by atoms with Crippen LogP contribution < -0.4 is 21.3 Å². The highest BCUT2D eigenvalue weighted by Gasteiger charge is 2.07. The molecule has 0 fully saturated rings. The van der Waals surface area contributed by atoms with E-state index in [1.54, 1.807) is 25.2 Å². The van der Waals surface area contributed by atoms with E-state index in [9.17, 15) is 4.79 Å². The number of benzene rings is 2. The normalized spacial score (nSPS) is 10.0. The number of nitrogen functional groups attached to an aromatic ring is 1. The SMILES string of the molecule is CNC(=O)c1ccc(N)c(Nc2ccc(N(C)C)cc2)c1. The zero-order chi connectivity index (χ0) is 15.4. The van der Waals surface area contributed by atoms with Crippen LogP contribution in [0.2, 0.25) is 0 Å². The van der Waals surface area contributed by atoms with E-state index in [2.05, 4.69) is 10.6 Å². The molecule has 110 valence electrons. The molecular weight excluding hydrogens is 264 g/mol. The fourth-order valence-corrected chi connectivity index (χ4v) is 1.95. The molecule has 0 aromatic heterocycles. The Hall–Kier alpha value is -2.69. The fourth-order valence-electron chi connectivity index (χ4n) is 1.95. The maximum absolute atomic E-state index is 11.7. The van der Waals surface area contributed by atoms with Crippen molar-refractivity contribution in [2.24, 2.45) is 0 Å². The van der Waals surface area contributed by atoms with E-state index in [0.29, 0.717) is 16.9 Å². The highest BCUT2D eigenvalue weighted by molar-refractivity contribution is 5.96. The van der Waals surface area contributed by atoms with Gasteiger partial charge in [0.15, 0.2) is 0 Å². The van der Waals surface area contributed by atoms with Crippen molar-refractivity contribution in [1.82, 2.24) is 5.32 Å². The number of rotatable bonds is 4. The number of amides is 1. The molecule has 2 aromatic rings. The lowest BCUT2D eigenvalue weighted by Gasteiger charge is -2.14. The molecule has 21 heavy (non-hydrogen) atoms. The Bertz CT molecular complexity index is 635. The van der Waals surface area contributed by atoms with Crippen LogP contribution in [0.1, 0.15) is 10.4 Å². The molecule has 0 atom stereocenters. The van der Waals surface area contributed by atoms with Gasteiger partial charge in [-0.25, -0.2) is 0 Å². The predicted octanol–water partition coefficient (Wildman–Crippen LogP) is 2.44. The summed E-state index contributed by atoms with van der Waals surface area (Å²) >= 11 is 0. The van der Waals surface area contributed by atoms with Gasteiger partial charge in [0.2, 0.25) is 0 Å². The Labute approximate surface area is 124 Å². The molecular formula is C16H20N4O. The van der Waals surface area contributed by atoms with Gasteiger partial charge in [-0.15, -0.1) is 0 Å². The van der Waals surface area contributed by atoms with E-state index in [-0.39, 0.29) is 5.91 Å². The summed E-state index contributed by atoms with van der Waals surface area (Å²) in [5, 5.41) is 5.83. The third-order valence-corrected chi connectivity index (χ3v) is 3.21. The number of carbonyl (C=O) groups excluding carboxylic acids is 1. The van der Waals surface area contributed by atoms with Crippen LogP contribution in [-0.4, -0.2) is 27.1 Å². The van der Waals surface area contributed by atoms with Crippen LogP contribution in [0.4, 0.5) is 22.7 Å². The van der Waals surface area contributed by atoms with Crippen molar-refractivity contribution in [3.63, 3.8) is 0 Å². The minimum atomic E-state index is -0.138. The monoisotopic (exact) mass is 284 g/mol. The van der Waals surface area contributed by atoms with Crippen LogP contribution in [0.5, 0.6) is 0 Å². The standard InChI is InChI=1S/C16H20N4O/c1-18-16(21)11-4-9-14(17)15(10-11)19-12-5-7-13(8-6-12)20(2)3/h4-10,19H,17H2,1-3H3,(H,18,21). The second kappa shape index (κ2) is 6.17. The number of nitrogens with two attached hydrogens (primary N) is 1. The molecule has 0 radical (unpaired) electrons. The topological polar surface area (TPSA) is 70.4 Å². The summed E-state index contributed by atoms with van der Waals surface area (Å²) in [6, 6.07) is 13.1. The maximum atomic E-state index is 11.7. The van der Waals surface area contributed by atoms with Gasteiger partial charge in [0, 0.05) is 38.1 Å². The summed E-state index contributed by atoms with van der Waals surface area (Å²) in [6.45, 7) is 0. The van der Waals surface area contributed by atoms with E-state index in [1.807, 2.05) is 43.3 Å².